The van der Waals surface area contributed by atoms with Crippen molar-refractivity contribution >= 4 is 5.97 Å². The Hall–Kier alpha value is -1.39. The first-order valence-corrected chi connectivity index (χ1v) is 6.17. The van der Waals surface area contributed by atoms with Gasteiger partial charge < -0.3 is 14.8 Å². The Morgan fingerprint density at radius 2 is 2.22 bits per heavy atom. The lowest BCUT2D eigenvalue weighted by molar-refractivity contribution is -0.0290. The molecule has 0 amide bonds. The van der Waals surface area contributed by atoms with E-state index in [-0.39, 0.29) is 18.2 Å². The van der Waals surface area contributed by atoms with E-state index in [1.165, 1.54) is 7.11 Å². The molecule has 1 aliphatic heterocycles. The molecule has 4 heteroatoms. The summed E-state index contributed by atoms with van der Waals surface area (Å²) in [7, 11) is 1.39. The van der Waals surface area contributed by atoms with E-state index in [9.17, 15) is 4.79 Å². The van der Waals surface area contributed by atoms with Crippen LogP contribution in [-0.4, -0.2) is 32.3 Å². The number of esters is 1. The zero-order valence-electron chi connectivity index (χ0n) is 11.0. The molecule has 0 radical (unpaired) electrons. The van der Waals surface area contributed by atoms with Crippen LogP contribution in [0.25, 0.3) is 0 Å². The van der Waals surface area contributed by atoms with Crippen molar-refractivity contribution in [3.8, 4) is 0 Å². The molecule has 0 aromatic heterocycles. The van der Waals surface area contributed by atoms with E-state index in [1.54, 1.807) is 6.07 Å². The number of rotatable bonds is 2. The van der Waals surface area contributed by atoms with Crippen LogP contribution in [0, 0.1) is 6.92 Å². The molecule has 0 spiro atoms. The van der Waals surface area contributed by atoms with Crippen molar-refractivity contribution in [1.29, 1.82) is 0 Å². The lowest BCUT2D eigenvalue weighted by atomic mass is 9.99. The van der Waals surface area contributed by atoms with Crippen molar-refractivity contribution < 1.29 is 14.3 Å². The van der Waals surface area contributed by atoms with Crippen molar-refractivity contribution in [2.24, 2.45) is 0 Å². The number of hydrogen-bond acceptors (Lipinski definition) is 4. The lowest BCUT2D eigenvalue weighted by Gasteiger charge is -2.30. The number of ether oxygens (including phenoxy) is 2. The summed E-state index contributed by atoms with van der Waals surface area (Å²) in [5.74, 6) is -0.305. The summed E-state index contributed by atoms with van der Waals surface area (Å²) in [6, 6.07) is 5.59. The van der Waals surface area contributed by atoms with Gasteiger partial charge in [0, 0.05) is 13.1 Å². The second kappa shape index (κ2) is 5.50. The number of nitrogens with one attached hydrogen (secondary N) is 1. The maximum Gasteiger partial charge on any atom is 0.337 e. The Bertz CT molecular complexity index is 445. The summed E-state index contributed by atoms with van der Waals surface area (Å²) in [5.41, 5.74) is 2.76. The molecule has 1 saturated heterocycles. The molecule has 1 aromatic carbocycles. The molecule has 0 aliphatic carbocycles. The van der Waals surface area contributed by atoms with Crippen molar-refractivity contribution in [2.75, 3.05) is 20.2 Å². The van der Waals surface area contributed by atoms with Crippen LogP contribution < -0.4 is 5.32 Å². The summed E-state index contributed by atoms with van der Waals surface area (Å²) in [5, 5.41) is 3.34. The fourth-order valence-corrected chi connectivity index (χ4v) is 2.26. The van der Waals surface area contributed by atoms with Gasteiger partial charge in [0.2, 0.25) is 0 Å². The Morgan fingerprint density at radius 1 is 1.44 bits per heavy atom. The van der Waals surface area contributed by atoms with Crippen molar-refractivity contribution in [3.63, 3.8) is 0 Å². The van der Waals surface area contributed by atoms with Gasteiger partial charge in [-0.05, 0) is 37.1 Å². The van der Waals surface area contributed by atoms with Gasteiger partial charge in [-0.1, -0.05) is 6.07 Å². The molecule has 0 bridgehead atoms. The van der Waals surface area contributed by atoms with Gasteiger partial charge in [0.15, 0.2) is 0 Å². The van der Waals surface area contributed by atoms with Crippen molar-refractivity contribution in [3.05, 3.63) is 34.9 Å². The molecule has 18 heavy (non-hydrogen) atoms. The third-order valence-corrected chi connectivity index (χ3v) is 3.20. The lowest BCUT2D eigenvalue weighted by Crippen LogP contribution is -2.39. The molecule has 0 saturated carbocycles. The molecule has 98 valence electrons. The maximum absolute atomic E-state index is 11.4. The zero-order chi connectivity index (χ0) is 13.1. The van der Waals surface area contributed by atoms with Crippen LogP contribution in [0.3, 0.4) is 0 Å². The highest BCUT2D eigenvalue weighted by atomic mass is 16.5. The Morgan fingerprint density at radius 3 is 2.83 bits per heavy atom. The first kappa shape index (κ1) is 13.1. The minimum absolute atomic E-state index is 0.0560. The summed E-state index contributed by atoms with van der Waals surface area (Å²) in [4.78, 5) is 11.4. The number of hydrogen-bond donors (Lipinski definition) is 1. The minimum Gasteiger partial charge on any atom is -0.465 e. The quantitative estimate of drug-likeness (QED) is 0.812. The number of methoxy groups -OCH3 is 1. The van der Waals surface area contributed by atoms with Crippen LogP contribution >= 0.6 is 0 Å². The van der Waals surface area contributed by atoms with Crippen molar-refractivity contribution in [2.45, 2.75) is 26.1 Å². The van der Waals surface area contributed by atoms with E-state index in [0.717, 1.165) is 24.2 Å². The van der Waals surface area contributed by atoms with E-state index >= 15 is 0 Å². The average Bonchev–Trinajstić information content (AvgIpc) is 2.37. The molecular formula is C14H19NO3. The molecule has 1 N–H and O–H groups in total. The Kier molecular flexibility index (Phi) is 3.99. The first-order chi connectivity index (χ1) is 8.61. The van der Waals surface area contributed by atoms with E-state index in [4.69, 9.17) is 9.47 Å². The van der Waals surface area contributed by atoms with E-state index in [2.05, 4.69) is 12.2 Å². The molecule has 1 heterocycles. The van der Waals surface area contributed by atoms with Crippen LogP contribution in [0.15, 0.2) is 18.2 Å². The van der Waals surface area contributed by atoms with E-state index in [1.807, 2.05) is 19.1 Å². The third kappa shape index (κ3) is 2.71. The smallest absolute Gasteiger partial charge is 0.337 e. The molecule has 2 rings (SSSR count). The molecule has 1 aliphatic rings. The van der Waals surface area contributed by atoms with Gasteiger partial charge in [0.25, 0.3) is 0 Å². The molecular weight excluding hydrogens is 230 g/mol. The van der Waals surface area contributed by atoms with Gasteiger partial charge in [-0.3, -0.25) is 0 Å². The predicted octanol–water partition coefficient (Wildman–Crippen LogP) is 1.83. The monoisotopic (exact) mass is 249 g/mol. The molecule has 1 fully saturated rings. The number of carbonyl (C=O) groups excluding carboxylic acids is 1. The van der Waals surface area contributed by atoms with Gasteiger partial charge in [-0.25, -0.2) is 4.79 Å². The van der Waals surface area contributed by atoms with Gasteiger partial charge in [-0.2, -0.15) is 0 Å². The molecule has 1 aromatic rings. The fourth-order valence-electron chi connectivity index (χ4n) is 2.26. The highest BCUT2D eigenvalue weighted by molar-refractivity contribution is 5.89. The molecule has 4 nitrogen and oxygen atoms in total. The summed E-state index contributed by atoms with van der Waals surface area (Å²) < 4.78 is 10.6. The normalized spacial score (nSPS) is 23.7. The highest BCUT2D eigenvalue weighted by Gasteiger charge is 2.22. The number of morpholine rings is 1. The van der Waals surface area contributed by atoms with Gasteiger partial charge in [0.1, 0.15) is 0 Å². The minimum atomic E-state index is -0.305. The maximum atomic E-state index is 11.4. The van der Waals surface area contributed by atoms with Crippen LogP contribution in [-0.2, 0) is 9.47 Å². The van der Waals surface area contributed by atoms with E-state index < -0.39 is 0 Å². The predicted molar refractivity (Wildman–Crippen MR) is 68.7 cm³/mol. The van der Waals surface area contributed by atoms with Crippen LogP contribution in [0.5, 0.6) is 0 Å². The Balaban J connectivity index is 2.21. The second-order valence-electron chi connectivity index (χ2n) is 4.66. The largest absolute Gasteiger partial charge is 0.465 e. The standard InChI is InChI=1S/C14H19NO3/c1-9-6-11(14(16)17-3)4-5-12(9)13-8-15-7-10(2)18-13/h4-6,10,13,15H,7-8H2,1-3H3/t10-,13+/m1/s1. The summed E-state index contributed by atoms with van der Waals surface area (Å²) in [6.07, 6.45) is 0.267. The summed E-state index contributed by atoms with van der Waals surface area (Å²) in [6.45, 7) is 5.74. The van der Waals surface area contributed by atoms with Crippen LogP contribution in [0.1, 0.15) is 34.5 Å². The highest BCUT2D eigenvalue weighted by Crippen LogP contribution is 2.25. The van der Waals surface area contributed by atoms with Gasteiger partial charge in [0.05, 0.1) is 24.9 Å². The molecule has 0 unspecified atom stereocenters. The average molecular weight is 249 g/mol. The first-order valence-electron chi connectivity index (χ1n) is 6.17. The number of benzene rings is 1. The van der Waals surface area contributed by atoms with Gasteiger partial charge >= 0.3 is 5.97 Å². The van der Waals surface area contributed by atoms with E-state index in [0.29, 0.717) is 5.56 Å². The number of carbonyl (C=O) groups is 1. The van der Waals surface area contributed by atoms with Crippen molar-refractivity contribution in [1.82, 2.24) is 5.32 Å². The Labute approximate surface area is 107 Å². The van der Waals surface area contributed by atoms with Crippen LogP contribution in [0.4, 0.5) is 0 Å². The van der Waals surface area contributed by atoms with Crippen LogP contribution in [0.2, 0.25) is 0 Å². The second-order valence-corrected chi connectivity index (χ2v) is 4.66. The summed E-state index contributed by atoms with van der Waals surface area (Å²) >= 11 is 0. The third-order valence-electron chi connectivity index (χ3n) is 3.20. The fraction of sp³-hybridized carbons (Fsp3) is 0.500. The number of aryl methyl sites for hydroxylation is 1. The molecule has 2 atom stereocenters. The topological polar surface area (TPSA) is 47.6 Å². The van der Waals surface area contributed by atoms with Gasteiger partial charge in [-0.15, -0.1) is 0 Å². The SMILES string of the molecule is COC(=O)c1ccc([C@@H]2CNC[C@@H](C)O2)c(C)c1. The zero-order valence-corrected chi connectivity index (χ0v) is 11.0.